The van der Waals surface area contributed by atoms with Crippen LogP contribution in [-0.2, 0) is 19.6 Å². The summed E-state index contributed by atoms with van der Waals surface area (Å²) >= 11 is 12.3. The van der Waals surface area contributed by atoms with Crippen molar-refractivity contribution in [2.24, 2.45) is 0 Å². The molecule has 0 bridgehead atoms. The lowest BCUT2D eigenvalue weighted by atomic mass is 10.0. The van der Waals surface area contributed by atoms with E-state index in [0.29, 0.717) is 32.1 Å². The van der Waals surface area contributed by atoms with Gasteiger partial charge in [0.2, 0.25) is 15.9 Å². The molecular formula is C24H36Cl2N4O4S. The van der Waals surface area contributed by atoms with E-state index in [2.05, 4.69) is 16.8 Å². The molecule has 1 atom stereocenters. The smallest absolute Gasteiger partial charge is 0.248 e. The predicted octanol–water partition coefficient (Wildman–Crippen LogP) is 2.79. The molecule has 1 unspecified atom stereocenters. The van der Waals surface area contributed by atoms with Crippen molar-refractivity contribution in [2.45, 2.75) is 49.1 Å². The van der Waals surface area contributed by atoms with Crippen LogP contribution < -0.4 is 0 Å². The molecule has 3 fully saturated rings. The van der Waals surface area contributed by atoms with Gasteiger partial charge < -0.3 is 14.5 Å². The number of likely N-dealkylation sites (tertiary alicyclic amines) is 1. The number of nitrogens with zero attached hydrogens (tertiary/aromatic N) is 4. The summed E-state index contributed by atoms with van der Waals surface area (Å²) in [6, 6.07) is 4.91. The number of amides is 1. The number of piperidine rings is 2. The van der Waals surface area contributed by atoms with E-state index in [1.54, 1.807) is 12.1 Å². The predicted molar refractivity (Wildman–Crippen MR) is 137 cm³/mol. The summed E-state index contributed by atoms with van der Waals surface area (Å²) in [4.78, 5) is 19.5. The van der Waals surface area contributed by atoms with Crippen LogP contribution in [0.2, 0.25) is 10.0 Å². The molecule has 1 aromatic rings. The quantitative estimate of drug-likeness (QED) is 0.523. The van der Waals surface area contributed by atoms with Gasteiger partial charge >= 0.3 is 0 Å². The topological polar surface area (TPSA) is 73.4 Å². The van der Waals surface area contributed by atoms with E-state index in [-0.39, 0.29) is 40.1 Å². The van der Waals surface area contributed by atoms with Gasteiger partial charge in [-0.25, -0.2) is 8.42 Å². The van der Waals surface area contributed by atoms with Crippen LogP contribution in [0.4, 0.5) is 0 Å². The number of benzene rings is 1. The highest BCUT2D eigenvalue weighted by molar-refractivity contribution is 7.89. The molecule has 1 amide bonds. The van der Waals surface area contributed by atoms with E-state index >= 15 is 0 Å². The van der Waals surface area contributed by atoms with E-state index in [0.717, 1.165) is 39.0 Å². The van der Waals surface area contributed by atoms with Gasteiger partial charge in [0.15, 0.2) is 0 Å². The Labute approximate surface area is 219 Å². The van der Waals surface area contributed by atoms with Gasteiger partial charge in [0.1, 0.15) is 11.5 Å². The summed E-state index contributed by atoms with van der Waals surface area (Å²) in [6.45, 7) is 6.03. The molecule has 1 aromatic carbocycles. The van der Waals surface area contributed by atoms with Crippen LogP contribution in [0.15, 0.2) is 23.1 Å². The van der Waals surface area contributed by atoms with Crippen molar-refractivity contribution in [3.05, 3.63) is 28.2 Å². The Morgan fingerprint density at radius 3 is 2.43 bits per heavy atom. The second-order valence-electron chi connectivity index (χ2n) is 9.78. The maximum Gasteiger partial charge on any atom is 0.248 e. The number of rotatable bonds is 7. The lowest BCUT2D eigenvalue weighted by Crippen LogP contribution is -2.54. The molecule has 3 aliphatic rings. The van der Waals surface area contributed by atoms with Crippen LogP contribution in [0.25, 0.3) is 0 Å². The maximum absolute atomic E-state index is 13.3. The monoisotopic (exact) mass is 546 g/mol. The summed E-state index contributed by atoms with van der Waals surface area (Å²) in [6.07, 6.45) is 4.74. The molecular weight excluding hydrogens is 511 g/mol. The maximum atomic E-state index is 13.3. The van der Waals surface area contributed by atoms with Gasteiger partial charge in [0.05, 0.1) is 16.7 Å². The first-order chi connectivity index (χ1) is 16.8. The first kappa shape index (κ1) is 27.1. The Bertz CT molecular complexity index is 980. The van der Waals surface area contributed by atoms with Crippen molar-refractivity contribution in [1.29, 1.82) is 0 Å². The first-order valence-electron chi connectivity index (χ1n) is 12.5. The molecule has 0 N–H and O–H groups in total. The minimum Gasteiger partial charge on any atom is -0.370 e. The fraction of sp³-hybridized carbons (Fsp3) is 0.708. The third-order valence-corrected chi connectivity index (χ3v) is 10.4. The van der Waals surface area contributed by atoms with Crippen LogP contribution in [0.3, 0.4) is 0 Å². The van der Waals surface area contributed by atoms with E-state index in [9.17, 15) is 13.2 Å². The van der Waals surface area contributed by atoms with Gasteiger partial charge in [-0.05, 0) is 58.0 Å². The SMILES string of the molecule is CN1CCC(N2CCN(C(=O)COCC3CCCCN3S(=O)(=O)c3cccc(Cl)c3Cl)CC2)CC1. The van der Waals surface area contributed by atoms with Crippen LogP contribution in [-0.4, -0.2) is 111 Å². The van der Waals surface area contributed by atoms with Crippen molar-refractivity contribution < 1.29 is 17.9 Å². The second kappa shape index (κ2) is 12.1. The number of ether oxygens (including phenoxy) is 1. The number of carbonyl (C=O) groups is 1. The van der Waals surface area contributed by atoms with Crippen LogP contribution in [0.1, 0.15) is 32.1 Å². The third kappa shape index (κ3) is 6.50. The minimum atomic E-state index is -3.82. The zero-order valence-electron chi connectivity index (χ0n) is 20.4. The van der Waals surface area contributed by atoms with E-state index in [1.165, 1.54) is 23.2 Å². The standard InChI is InChI=1S/C24H36Cl2N4O4S/c1-27-11-8-19(9-12-27)28-13-15-29(16-14-28)23(31)18-34-17-20-5-2-3-10-30(20)35(32,33)22-7-4-6-21(25)24(22)26/h4,6-7,19-20H,2-3,5,8-18H2,1H3. The Morgan fingerprint density at radius 2 is 1.71 bits per heavy atom. The Kier molecular flexibility index (Phi) is 9.35. The molecule has 8 nitrogen and oxygen atoms in total. The molecule has 0 aromatic heterocycles. The first-order valence-corrected chi connectivity index (χ1v) is 14.7. The highest BCUT2D eigenvalue weighted by Crippen LogP contribution is 2.33. The van der Waals surface area contributed by atoms with Crippen molar-refractivity contribution in [2.75, 3.05) is 66.1 Å². The van der Waals surface area contributed by atoms with Crippen LogP contribution in [0, 0.1) is 0 Å². The lowest BCUT2D eigenvalue weighted by Gasteiger charge is -2.42. The second-order valence-corrected chi connectivity index (χ2v) is 12.4. The van der Waals surface area contributed by atoms with E-state index < -0.39 is 10.0 Å². The Balaban J connectivity index is 1.27. The van der Waals surface area contributed by atoms with Gasteiger partial charge in [0, 0.05) is 44.8 Å². The minimum absolute atomic E-state index is 0.0112. The summed E-state index contributed by atoms with van der Waals surface area (Å²) in [7, 11) is -1.65. The van der Waals surface area contributed by atoms with Gasteiger partial charge in [-0.3, -0.25) is 9.69 Å². The highest BCUT2D eigenvalue weighted by Gasteiger charge is 2.35. The van der Waals surface area contributed by atoms with E-state index in [4.69, 9.17) is 27.9 Å². The summed E-state index contributed by atoms with van der Waals surface area (Å²) in [5.41, 5.74) is 0. The molecule has 4 rings (SSSR count). The number of piperazine rings is 1. The van der Waals surface area contributed by atoms with Crippen molar-refractivity contribution in [1.82, 2.24) is 19.0 Å². The number of hydrogen-bond acceptors (Lipinski definition) is 6. The summed E-state index contributed by atoms with van der Waals surface area (Å²) in [5, 5.41) is 0.244. The van der Waals surface area contributed by atoms with Crippen molar-refractivity contribution >= 4 is 39.1 Å². The lowest BCUT2D eigenvalue weighted by molar-refractivity contribution is -0.138. The zero-order chi connectivity index (χ0) is 25.0. The van der Waals surface area contributed by atoms with Gasteiger partial charge in [-0.1, -0.05) is 35.7 Å². The molecule has 0 radical (unpaired) electrons. The highest BCUT2D eigenvalue weighted by atomic mass is 35.5. The van der Waals surface area contributed by atoms with Crippen molar-refractivity contribution in [3.63, 3.8) is 0 Å². The molecule has 3 aliphatic heterocycles. The van der Waals surface area contributed by atoms with Gasteiger partial charge in [0.25, 0.3) is 0 Å². The normalized spacial score (nSPS) is 24.1. The number of carbonyl (C=O) groups excluding carboxylic acids is 1. The molecule has 196 valence electrons. The Hall–Kier alpha value is -0.940. The third-order valence-electron chi connectivity index (χ3n) is 7.48. The molecule has 3 saturated heterocycles. The number of sulfonamides is 1. The fourth-order valence-electron chi connectivity index (χ4n) is 5.34. The average Bonchev–Trinajstić information content (AvgIpc) is 2.86. The largest absolute Gasteiger partial charge is 0.370 e. The molecule has 3 heterocycles. The molecule has 35 heavy (non-hydrogen) atoms. The molecule has 0 aliphatic carbocycles. The summed E-state index contributed by atoms with van der Waals surface area (Å²) in [5.74, 6) is -0.0314. The van der Waals surface area contributed by atoms with Crippen LogP contribution >= 0.6 is 23.2 Å². The zero-order valence-corrected chi connectivity index (χ0v) is 22.7. The van der Waals surface area contributed by atoms with Gasteiger partial charge in [-0.15, -0.1) is 0 Å². The number of hydrogen-bond donors (Lipinski definition) is 0. The summed E-state index contributed by atoms with van der Waals surface area (Å²) < 4.78 is 33.9. The Morgan fingerprint density at radius 1 is 1.00 bits per heavy atom. The average molecular weight is 548 g/mol. The van der Waals surface area contributed by atoms with E-state index in [1.807, 2.05) is 4.90 Å². The van der Waals surface area contributed by atoms with Crippen molar-refractivity contribution in [3.8, 4) is 0 Å². The molecule has 0 saturated carbocycles. The number of halogens is 2. The van der Waals surface area contributed by atoms with Gasteiger partial charge in [-0.2, -0.15) is 4.31 Å². The molecule has 11 heteroatoms. The van der Waals surface area contributed by atoms with Crippen LogP contribution in [0.5, 0.6) is 0 Å². The molecule has 0 spiro atoms. The fourth-order valence-corrected chi connectivity index (χ4v) is 7.75.